The van der Waals surface area contributed by atoms with Gasteiger partial charge in [-0.2, -0.15) is 30.3 Å². The van der Waals surface area contributed by atoms with Crippen LogP contribution >= 0.6 is 11.6 Å². The summed E-state index contributed by atoms with van der Waals surface area (Å²) >= 11 is 5.79. The molecule has 0 aliphatic heterocycles. The zero-order valence-electron chi connectivity index (χ0n) is 8.08. The molecule has 0 saturated carbocycles. The van der Waals surface area contributed by atoms with E-state index in [-0.39, 0.29) is 40.0 Å². The van der Waals surface area contributed by atoms with Gasteiger partial charge in [0.15, 0.2) is 0 Å². The zero-order chi connectivity index (χ0) is 9.10. The quantitative estimate of drug-likeness (QED) is 0.528. The topological polar surface area (TPSA) is 0 Å². The molecule has 15 heavy (non-hydrogen) atoms. The predicted molar refractivity (Wildman–Crippen MR) is 61.5 cm³/mol. The third-order valence-electron chi connectivity index (χ3n) is 1.90. The van der Waals surface area contributed by atoms with Crippen molar-refractivity contribution in [2.75, 3.05) is 0 Å². The van der Waals surface area contributed by atoms with Gasteiger partial charge in [-0.1, -0.05) is 23.7 Å². The van der Waals surface area contributed by atoms with Gasteiger partial charge in [0.1, 0.15) is 0 Å². The van der Waals surface area contributed by atoms with Gasteiger partial charge in [-0.3, -0.25) is 0 Å². The van der Waals surface area contributed by atoms with Crippen LogP contribution in [0.3, 0.4) is 0 Å². The first-order valence-electron chi connectivity index (χ1n) is 4.08. The molecule has 0 bridgehead atoms. The normalized spacial score (nSPS) is 8.60. The molecule has 0 unspecified atom stereocenters. The van der Waals surface area contributed by atoms with Gasteiger partial charge < -0.3 is 17.0 Å². The molecule has 0 heterocycles. The summed E-state index contributed by atoms with van der Waals surface area (Å²) in [5.41, 5.74) is 2.37. The second-order valence-corrected chi connectivity index (χ2v) is 3.23. The Morgan fingerprint density at radius 1 is 0.800 bits per heavy atom. The molecule has 0 aliphatic carbocycles. The van der Waals surface area contributed by atoms with Crippen LogP contribution in [-0.2, 0) is 0 Å². The van der Waals surface area contributed by atoms with Crippen LogP contribution in [0.4, 0.5) is 0 Å². The van der Waals surface area contributed by atoms with Crippen LogP contribution in [0.25, 0.3) is 11.1 Å². The summed E-state index contributed by atoms with van der Waals surface area (Å²) in [5, 5.41) is 0.770. The summed E-state index contributed by atoms with van der Waals surface area (Å²) in [6, 6.07) is 18.7. The second kappa shape index (κ2) is 7.28. The number of halogens is 2. The van der Waals surface area contributed by atoms with E-state index in [0.29, 0.717) is 0 Å². The van der Waals surface area contributed by atoms with Crippen LogP contribution in [0, 0.1) is 6.07 Å². The van der Waals surface area contributed by atoms with Crippen molar-refractivity contribution in [3.8, 4) is 11.1 Å². The van der Waals surface area contributed by atoms with E-state index in [1.807, 2.05) is 48.5 Å². The van der Waals surface area contributed by atoms with Gasteiger partial charge in [0, 0.05) is 5.02 Å². The molecule has 2 aromatic carbocycles. The maximum Gasteiger partial charge on any atom is 2.00 e. The van der Waals surface area contributed by atoms with Crippen molar-refractivity contribution in [3.05, 3.63) is 59.6 Å². The molecule has 0 spiro atoms. The summed E-state index contributed by atoms with van der Waals surface area (Å²) in [4.78, 5) is 0. The molecule has 0 N–H and O–H groups in total. The molecule has 0 atom stereocenters. The van der Waals surface area contributed by atoms with E-state index >= 15 is 0 Å². The third-order valence-corrected chi connectivity index (χ3v) is 2.15. The van der Waals surface area contributed by atoms with Crippen LogP contribution in [0.2, 0.25) is 5.02 Å². The Morgan fingerprint density at radius 3 is 1.80 bits per heavy atom. The minimum atomic E-state index is 0. The molecule has 0 fully saturated rings. The minimum absolute atomic E-state index is 0. The molecule has 72 valence electrons. The monoisotopic (exact) mass is 290 g/mol. The van der Waals surface area contributed by atoms with E-state index in [0.717, 1.165) is 5.02 Å². The van der Waals surface area contributed by atoms with Crippen LogP contribution < -0.4 is 17.0 Å². The van der Waals surface area contributed by atoms with Crippen molar-refractivity contribution < 1.29 is 17.0 Å². The minimum Gasteiger partial charge on any atom is -1.00 e. The summed E-state index contributed by atoms with van der Waals surface area (Å²) in [5.74, 6) is 0. The van der Waals surface area contributed by atoms with Crippen LogP contribution in [0.1, 0.15) is 0 Å². The zero-order valence-corrected chi connectivity index (χ0v) is 11.8. The largest absolute Gasteiger partial charge is 2.00 e. The molecule has 0 nitrogen and oxygen atoms in total. The van der Waals surface area contributed by atoms with E-state index in [4.69, 9.17) is 11.6 Å². The SMILES string of the molecule is Clc1ccc(-c2cc[c-]cc2)cc1.[Br-].[Mg+2]. The van der Waals surface area contributed by atoms with Crippen molar-refractivity contribution in [3.63, 3.8) is 0 Å². The van der Waals surface area contributed by atoms with Gasteiger partial charge in [0.25, 0.3) is 0 Å². The van der Waals surface area contributed by atoms with E-state index < -0.39 is 0 Å². The van der Waals surface area contributed by atoms with E-state index in [1.165, 1.54) is 11.1 Å². The number of rotatable bonds is 1. The maximum atomic E-state index is 5.79. The molecule has 0 amide bonds. The average Bonchev–Trinajstić information content (AvgIpc) is 2.20. The molecule has 0 radical (unpaired) electrons. The number of benzene rings is 2. The molecule has 0 aliphatic rings. The Labute approximate surface area is 122 Å². The summed E-state index contributed by atoms with van der Waals surface area (Å²) in [7, 11) is 0. The summed E-state index contributed by atoms with van der Waals surface area (Å²) in [6.07, 6.45) is 0. The Morgan fingerprint density at radius 2 is 1.27 bits per heavy atom. The van der Waals surface area contributed by atoms with E-state index in [2.05, 4.69) is 6.07 Å². The van der Waals surface area contributed by atoms with E-state index in [1.54, 1.807) is 0 Å². The first-order chi connectivity index (χ1) is 6.36. The van der Waals surface area contributed by atoms with Crippen LogP contribution in [-0.4, -0.2) is 23.1 Å². The number of hydrogen-bond acceptors (Lipinski definition) is 0. The van der Waals surface area contributed by atoms with Crippen LogP contribution in [0.5, 0.6) is 0 Å². The Bertz CT molecular complexity index is 386. The number of hydrogen-bond donors (Lipinski definition) is 0. The molecule has 0 saturated heterocycles. The summed E-state index contributed by atoms with van der Waals surface area (Å²) < 4.78 is 0. The first-order valence-corrected chi connectivity index (χ1v) is 4.46. The maximum absolute atomic E-state index is 5.79. The Balaban J connectivity index is 0.000000980. The van der Waals surface area contributed by atoms with Gasteiger partial charge in [0.2, 0.25) is 0 Å². The van der Waals surface area contributed by atoms with Crippen molar-refractivity contribution in [2.45, 2.75) is 0 Å². The van der Waals surface area contributed by atoms with Crippen molar-refractivity contribution >= 4 is 34.7 Å². The van der Waals surface area contributed by atoms with Gasteiger partial charge in [-0.15, -0.1) is 5.56 Å². The Hall–Kier alpha value is -0.0238. The molecular weight excluding hydrogens is 284 g/mol. The molecule has 3 heteroatoms. The van der Waals surface area contributed by atoms with Gasteiger partial charge >= 0.3 is 23.1 Å². The third kappa shape index (κ3) is 4.15. The van der Waals surface area contributed by atoms with Crippen molar-refractivity contribution in [1.82, 2.24) is 0 Å². The average molecular weight is 292 g/mol. The molecular formula is C12H8BrClMg. The molecule has 0 aromatic heterocycles. The fourth-order valence-electron chi connectivity index (χ4n) is 1.22. The van der Waals surface area contributed by atoms with Crippen LogP contribution in [0.15, 0.2) is 48.5 Å². The van der Waals surface area contributed by atoms with Crippen molar-refractivity contribution in [1.29, 1.82) is 0 Å². The Kier molecular flexibility index (Phi) is 7.27. The molecule has 2 aromatic rings. The smallest absolute Gasteiger partial charge is 1.00 e. The summed E-state index contributed by atoms with van der Waals surface area (Å²) in [6.45, 7) is 0. The van der Waals surface area contributed by atoms with Crippen molar-refractivity contribution in [2.24, 2.45) is 0 Å². The molecule has 2 rings (SSSR count). The van der Waals surface area contributed by atoms with Gasteiger partial charge in [0.05, 0.1) is 0 Å². The van der Waals surface area contributed by atoms with E-state index in [9.17, 15) is 0 Å². The first kappa shape index (κ1) is 15.0. The predicted octanol–water partition coefficient (Wildman–Crippen LogP) is 0.430. The van der Waals surface area contributed by atoms with Gasteiger partial charge in [-0.25, -0.2) is 0 Å². The standard InChI is InChI=1S/C12H8Cl.BrH.Mg/c13-12-8-6-11(7-9-12)10-4-2-1-3-5-10;;/h2-9H;1H;/q-1;;+2/p-1. The fourth-order valence-corrected chi connectivity index (χ4v) is 1.35. The fraction of sp³-hybridized carbons (Fsp3) is 0. The second-order valence-electron chi connectivity index (χ2n) is 2.80. The van der Waals surface area contributed by atoms with Gasteiger partial charge in [-0.05, 0) is 17.7 Å².